The fraction of sp³-hybridized carbons (Fsp3) is 0.348. The number of aryl methyl sites for hydroxylation is 1. The molecule has 1 aliphatic rings. The van der Waals surface area contributed by atoms with E-state index in [1.54, 1.807) is 46.2 Å². The molecule has 0 aliphatic carbocycles. The Morgan fingerprint density at radius 3 is 2.30 bits per heavy atom. The molecular weight excluding hydrogens is 402 g/mol. The van der Waals surface area contributed by atoms with E-state index in [4.69, 9.17) is 11.6 Å². The molecule has 0 radical (unpaired) electrons. The number of hydrogen-bond donors (Lipinski definition) is 0. The zero-order valence-corrected chi connectivity index (χ0v) is 18.2. The molecule has 3 rings (SSSR count). The van der Waals surface area contributed by atoms with Crippen molar-refractivity contribution in [1.82, 2.24) is 9.80 Å². The van der Waals surface area contributed by atoms with E-state index >= 15 is 0 Å². The molecule has 1 aliphatic heterocycles. The zero-order chi connectivity index (χ0) is 21.8. The van der Waals surface area contributed by atoms with E-state index in [1.807, 2.05) is 32.9 Å². The molecule has 0 N–H and O–H groups in total. The van der Waals surface area contributed by atoms with Gasteiger partial charge in [0.1, 0.15) is 19.8 Å². The highest BCUT2D eigenvalue weighted by atomic mass is 35.5. The van der Waals surface area contributed by atoms with Crippen LogP contribution in [0.3, 0.4) is 0 Å². The van der Waals surface area contributed by atoms with Crippen molar-refractivity contribution in [3.05, 3.63) is 64.7 Å². The largest absolute Gasteiger partial charge is 0.329 e. The van der Waals surface area contributed by atoms with Gasteiger partial charge in [0, 0.05) is 22.8 Å². The number of amides is 3. The first-order valence-corrected chi connectivity index (χ1v) is 10.3. The molecule has 30 heavy (non-hydrogen) atoms. The second-order valence-electron chi connectivity index (χ2n) is 7.98. The van der Waals surface area contributed by atoms with Gasteiger partial charge in [0.25, 0.3) is 5.91 Å². The topological polar surface area (TPSA) is 60.9 Å². The van der Waals surface area contributed by atoms with E-state index in [-0.39, 0.29) is 43.4 Å². The average molecular weight is 428 g/mol. The van der Waals surface area contributed by atoms with Crippen LogP contribution in [0.25, 0.3) is 0 Å². The highest BCUT2D eigenvalue weighted by molar-refractivity contribution is 6.30. The smallest absolute Gasteiger partial charge is 0.254 e. The van der Waals surface area contributed by atoms with E-state index in [0.717, 1.165) is 5.56 Å². The van der Waals surface area contributed by atoms with Gasteiger partial charge >= 0.3 is 0 Å². The third-order valence-electron chi connectivity index (χ3n) is 4.93. The maximum atomic E-state index is 13.0. The molecule has 7 heteroatoms. The van der Waals surface area contributed by atoms with E-state index in [9.17, 15) is 14.4 Å². The molecule has 1 saturated heterocycles. The number of halogens is 1. The summed E-state index contributed by atoms with van der Waals surface area (Å²) in [4.78, 5) is 43.0. The molecule has 158 valence electrons. The van der Waals surface area contributed by atoms with Gasteiger partial charge in [0.05, 0.1) is 0 Å². The van der Waals surface area contributed by atoms with Crippen LogP contribution in [0.5, 0.6) is 0 Å². The Morgan fingerprint density at radius 2 is 1.70 bits per heavy atom. The Hall–Kier alpha value is -2.86. The van der Waals surface area contributed by atoms with E-state index in [2.05, 4.69) is 0 Å². The molecular formula is C23H26ClN3O3. The van der Waals surface area contributed by atoms with Gasteiger partial charge in [-0.05, 0) is 49.2 Å². The number of nitrogens with zero attached hydrogens (tertiary/aromatic N) is 3. The number of carbonyl (C=O) groups excluding carboxylic acids is 3. The minimum Gasteiger partial charge on any atom is -0.329 e. The summed E-state index contributed by atoms with van der Waals surface area (Å²) in [6.45, 7) is 6.51. The van der Waals surface area contributed by atoms with Crippen LogP contribution in [0.1, 0.15) is 29.8 Å². The van der Waals surface area contributed by atoms with E-state index in [0.29, 0.717) is 22.8 Å². The molecule has 0 aromatic heterocycles. The lowest BCUT2D eigenvalue weighted by molar-refractivity contribution is -0.132. The Kier molecular flexibility index (Phi) is 6.77. The molecule has 1 heterocycles. The molecule has 0 bridgehead atoms. The van der Waals surface area contributed by atoms with E-state index in [1.165, 1.54) is 4.90 Å². The van der Waals surface area contributed by atoms with Crippen LogP contribution < -0.4 is 4.90 Å². The quantitative estimate of drug-likeness (QED) is 0.707. The monoisotopic (exact) mass is 427 g/mol. The minimum absolute atomic E-state index is 0.00427. The van der Waals surface area contributed by atoms with Crippen LogP contribution in [0.2, 0.25) is 5.02 Å². The molecule has 0 unspecified atom stereocenters. The summed E-state index contributed by atoms with van der Waals surface area (Å²) >= 11 is 5.92. The van der Waals surface area contributed by atoms with Crippen molar-refractivity contribution in [2.45, 2.75) is 20.8 Å². The van der Waals surface area contributed by atoms with E-state index < -0.39 is 0 Å². The predicted molar refractivity (Wildman–Crippen MR) is 117 cm³/mol. The Balaban J connectivity index is 1.71. The van der Waals surface area contributed by atoms with Crippen LogP contribution in [0, 0.1) is 12.8 Å². The van der Waals surface area contributed by atoms with Gasteiger partial charge in [-0.15, -0.1) is 0 Å². The maximum absolute atomic E-state index is 13.0. The lowest BCUT2D eigenvalue weighted by atomic mass is 10.1. The van der Waals surface area contributed by atoms with Gasteiger partial charge in [-0.3, -0.25) is 19.3 Å². The molecule has 2 aromatic carbocycles. The van der Waals surface area contributed by atoms with Gasteiger partial charge in [-0.2, -0.15) is 0 Å². The normalized spacial score (nSPS) is 13.8. The Labute approximate surface area is 182 Å². The summed E-state index contributed by atoms with van der Waals surface area (Å²) in [5, 5.41) is 0.581. The summed E-state index contributed by atoms with van der Waals surface area (Å²) in [6.07, 6.45) is 0. The number of hydrogen-bond acceptors (Lipinski definition) is 3. The van der Waals surface area contributed by atoms with Crippen molar-refractivity contribution < 1.29 is 14.4 Å². The molecule has 2 aromatic rings. The summed E-state index contributed by atoms with van der Waals surface area (Å²) in [5.41, 5.74) is 2.31. The predicted octanol–water partition coefficient (Wildman–Crippen LogP) is 3.58. The number of benzene rings is 2. The van der Waals surface area contributed by atoms with Crippen LogP contribution in [-0.4, -0.2) is 53.8 Å². The first-order valence-electron chi connectivity index (χ1n) is 9.94. The van der Waals surface area contributed by atoms with Crippen molar-refractivity contribution in [3.63, 3.8) is 0 Å². The van der Waals surface area contributed by atoms with Gasteiger partial charge in [-0.1, -0.05) is 43.1 Å². The SMILES string of the molecule is Cc1ccc(C(=O)N(CC(=O)N2CC(=O)N(c3ccc(Cl)cc3)C2)CC(C)C)cc1. The third kappa shape index (κ3) is 5.19. The van der Waals surface area contributed by atoms with Crippen molar-refractivity contribution in [2.75, 3.05) is 31.2 Å². The summed E-state index contributed by atoms with van der Waals surface area (Å²) < 4.78 is 0. The van der Waals surface area contributed by atoms with Crippen molar-refractivity contribution in [1.29, 1.82) is 0 Å². The Morgan fingerprint density at radius 1 is 1.07 bits per heavy atom. The fourth-order valence-electron chi connectivity index (χ4n) is 3.36. The first kappa shape index (κ1) is 21.8. The molecule has 0 atom stereocenters. The number of carbonyl (C=O) groups is 3. The highest BCUT2D eigenvalue weighted by Gasteiger charge is 2.33. The van der Waals surface area contributed by atoms with Crippen molar-refractivity contribution in [3.8, 4) is 0 Å². The van der Waals surface area contributed by atoms with Gasteiger partial charge in [-0.25, -0.2) is 0 Å². The molecule has 6 nitrogen and oxygen atoms in total. The maximum Gasteiger partial charge on any atom is 0.254 e. The third-order valence-corrected chi connectivity index (χ3v) is 5.18. The number of rotatable bonds is 6. The molecule has 0 saturated carbocycles. The highest BCUT2D eigenvalue weighted by Crippen LogP contribution is 2.22. The fourth-order valence-corrected chi connectivity index (χ4v) is 3.49. The van der Waals surface area contributed by atoms with Crippen molar-refractivity contribution >= 4 is 35.0 Å². The molecule has 1 fully saturated rings. The summed E-state index contributed by atoms with van der Waals surface area (Å²) in [6, 6.07) is 14.2. The second kappa shape index (κ2) is 9.30. The summed E-state index contributed by atoms with van der Waals surface area (Å²) in [7, 11) is 0. The van der Waals surface area contributed by atoms with Crippen LogP contribution in [0.4, 0.5) is 5.69 Å². The molecule has 3 amide bonds. The van der Waals surface area contributed by atoms with Gasteiger partial charge in [0.15, 0.2) is 0 Å². The Bertz CT molecular complexity index is 926. The van der Waals surface area contributed by atoms with Crippen LogP contribution >= 0.6 is 11.6 Å². The molecule has 0 spiro atoms. The average Bonchev–Trinajstić information content (AvgIpc) is 3.09. The zero-order valence-electron chi connectivity index (χ0n) is 17.5. The van der Waals surface area contributed by atoms with Gasteiger partial charge < -0.3 is 9.80 Å². The lowest BCUT2D eigenvalue weighted by Gasteiger charge is -2.26. The van der Waals surface area contributed by atoms with Gasteiger partial charge in [0.2, 0.25) is 11.8 Å². The van der Waals surface area contributed by atoms with Crippen LogP contribution in [-0.2, 0) is 9.59 Å². The summed E-state index contributed by atoms with van der Waals surface area (Å²) in [5.74, 6) is -0.387. The minimum atomic E-state index is -0.249. The second-order valence-corrected chi connectivity index (χ2v) is 8.41. The first-order chi connectivity index (χ1) is 14.2. The van der Waals surface area contributed by atoms with Crippen molar-refractivity contribution in [2.24, 2.45) is 5.92 Å². The van der Waals surface area contributed by atoms with Crippen LogP contribution in [0.15, 0.2) is 48.5 Å². The standard InChI is InChI=1S/C23H26ClN3O3/c1-16(2)12-25(23(30)18-6-4-17(3)5-7-18)13-21(28)26-14-22(29)27(15-26)20-10-8-19(24)9-11-20/h4-11,16H,12-15H2,1-3H3. The number of anilines is 1. The lowest BCUT2D eigenvalue weighted by Crippen LogP contribution is -2.44.